The minimum Gasteiger partial charge on any atom is -0.467 e. The van der Waals surface area contributed by atoms with Crippen molar-refractivity contribution in [3.63, 3.8) is 0 Å². The molecular weight excluding hydrogens is 272 g/mol. The molecule has 1 unspecified atom stereocenters. The third-order valence-electron chi connectivity index (χ3n) is 3.21. The number of methoxy groups -OCH3 is 1. The van der Waals surface area contributed by atoms with Gasteiger partial charge in [0.25, 0.3) is 5.91 Å². The summed E-state index contributed by atoms with van der Waals surface area (Å²) in [4.78, 5) is 24.0. The number of nitrogens with two attached hydrogens (primary N) is 1. The van der Waals surface area contributed by atoms with Gasteiger partial charge in [0.1, 0.15) is 6.04 Å². The van der Waals surface area contributed by atoms with Crippen LogP contribution in [0.15, 0.2) is 18.2 Å². The molecule has 2 rings (SSSR count). The molecule has 21 heavy (non-hydrogen) atoms. The first-order chi connectivity index (χ1) is 9.93. The highest BCUT2D eigenvalue weighted by atomic mass is 16.5. The largest absolute Gasteiger partial charge is 0.467 e. The summed E-state index contributed by atoms with van der Waals surface area (Å²) in [5.74, 6) is -1.04. The second kappa shape index (κ2) is 5.82. The van der Waals surface area contributed by atoms with Crippen LogP contribution in [0, 0.1) is 5.92 Å². The zero-order valence-electron chi connectivity index (χ0n) is 12.1. The van der Waals surface area contributed by atoms with Crippen molar-refractivity contribution >= 4 is 28.5 Å². The lowest BCUT2D eigenvalue weighted by Crippen LogP contribution is -2.45. The number of ether oxygens (including phenoxy) is 1. The molecule has 1 aromatic carbocycles. The number of aromatic nitrogens is 2. The number of aromatic amines is 1. The van der Waals surface area contributed by atoms with Gasteiger partial charge in [-0.05, 0) is 24.1 Å². The third-order valence-corrected chi connectivity index (χ3v) is 3.21. The number of hydrogen-bond donors (Lipinski definition) is 3. The number of H-pyrrole nitrogens is 1. The number of nitrogens with one attached hydrogen (secondary N) is 2. The van der Waals surface area contributed by atoms with E-state index < -0.39 is 17.9 Å². The fraction of sp³-hybridized carbons (Fsp3) is 0.357. The lowest BCUT2D eigenvalue weighted by Gasteiger charge is -2.19. The van der Waals surface area contributed by atoms with Crippen LogP contribution in [0.3, 0.4) is 0 Å². The van der Waals surface area contributed by atoms with E-state index in [1.807, 2.05) is 13.8 Å². The van der Waals surface area contributed by atoms with E-state index in [-0.39, 0.29) is 11.6 Å². The topological polar surface area (TPSA) is 110 Å². The molecule has 0 spiro atoms. The number of hydrogen-bond acceptors (Lipinski definition) is 5. The van der Waals surface area contributed by atoms with Crippen molar-refractivity contribution in [3.8, 4) is 0 Å². The van der Waals surface area contributed by atoms with E-state index in [4.69, 9.17) is 10.5 Å². The van der Waals surface area contributed by atoms with Gasteiger partial charge < -0.3 is 15.8 Å². The van der Waals surface area contributed by atoms with Gasteiger partial charge in [-0.25, -0.2) is 4.79 Å². The molecule has 7 nitrogen and oxygen atoms in total. The maximum atomic E-state index is 12.3. The van der Waals surface area contributed by atoms with Crippen LogP contribution in [0.25, 0.3) is 10.9 Å². The van der Waals surface area contributed by atoms with Gasteiger partial charge in [-0.2, -0.15) is 5.10 Å². The van der Waals surface area contributed by atoms with Crippen LogP contribution in [0.2, 0.25) is 0 Å². The summed E-state index contributed by atoms with van der Waals surface area (Å²) in [5, 5.41) is 10.0. The predicted molar refractivity (Wildman–Crippen MR) is 78.6 cm³/mol. The summed E-state index contributed by atoms with van der Waals surface area (Å²) >= 11 is 0. The number of nitrogen functional groups attached to an aromatic ring is 1. The minimum absolute atomic E-state index is 0.100. The number of nitrogens with zero attached hydrogens (tertiary/aromatic N) is 1. The summed E-state index contributed by atoms with van der Waals surface area (Å²) < 4.78 is 4.70. The highest BCUT2D eigenvalue weighted by Gasteiger charge is 2.27. The molecule has 112 valence electrons. The molecule has 0 saturated heterocycles. The zero-order valence-corrected chi connectivity index (χ0v) is 12.1. The Kier molecular flexibility index (Phi) is 4.11. The Balaban J connectivity index is 2.29. The van der Waals surface area contributed by atoms with Crippen molar-refractivity contribution in [2.45, 2.75) is 19.9 Å². The molecule has 1 heterocycles. The number of carbonyl (C=O) groups is 2. The van der Waals surface area contributed by atoms with Crippen molar-refractivity contribution in [1.82, 2.24) is 15.5 Å². The lowest BCUT2D eigenvalue weighted by molar-refractivity contribution is -0.144. The Morgan fingerprint density at radius 1 is 1.38 bits per heavy atom. The van der Waals surface area contributed by atoms with Gasteiger partial charge in [-0.3, -0.25) is 9.89 Å². The van der Waals surface area contributed by atoms with Gasteiger partial charge in [-0.15, -0.1) is 0 Å². The second-order valence-electron chi connectivity index (χ2n) is 5.10. The second-order valence-corrected chi connectivity index (χ2v) is 5.10. The van der Waals surface area contributed by atoms with Crippen molar-refractivity contribution in [1.29, 1.82) is 0 Å². The number of benzene rings is 1. The van der Waals surface area contributed by atoms with Gasteiger partial charge in [0.15, 0.2) is 5.69 Å². The minimum atomic E-state index is -0.727. The van der Waals surface area contributed by atoms with Crippen LogP contribution in [0.4, 0.5) is 5.69 Å². The normalized spacial score (nSPS) is 12.4. The molecule has 0 aliphatic heterocycles. The summed E-state index contributed by atoms with van der Waals surface area (Å²) in [6.45, 7) is 3.64. The van der Waals surface area contributed by atoms with Gasteiger partial charge in [0.2, 0.25) is 0 Å². The molecule has 7 heteroatoms. The standard InChI is InChI=1S/C14H18N4O3/c1-7(2)11(14(20)21-3)16-13(19)12-9-6-8(15)4-5-10(9)17-18-12/h4-7,11H,15H2,1-3H3,(H,16,19)(H,17,18). The first-order valence-electron chi connectivity index (χ1n) is 6.56. The number of rotatable bonds is 4. The van der Waals surface area contributed by atoms with Crippen LogP contribution in [-0.4, -0.2) is 35.2 Å². The highest BCUT2D eigenvalue weighted by Crippen LogP contribution is 2.19. The summed E-state index contributed by atoms with van der Waals surface area (Å²) in [6, 6.07) is 4.40. The van der Waals surface area contributed by atoms with E-state index in [0.29, 0.717) is 16.6 Å². The molecule has 0 fully saturated rings. The molecule has 0 aliphatic rings. The number of fused-ring (bicyclic) bond motifs is 1. The lowest BCUT2D eigenvalue weighted by atomic mass is 10.0. The molecule has 4 N–H and O–H groups in total. The number of anilines is 1. The van der Waals surface area contributed by atoms with Gasteiger partial charge >= 0.3 is 5.97 Å². The van der Waals surface area contributed by atoms with Crippen molar-refractivity contribution in [3.05, 3.63) is 23.9 Å². The highest BCUT2D eigenvalue weighted by molar-refractivity contribution is 6.06. The molecule has 0 bridgehead atoms. The molecular formula is C14H18N4O3. The van der Waals surface area contributed by atoms with Crippen molar-refractivity contribution < 1.29 is 14.3 Å². The van der Waals surface area contributed by atoms with Crippen molar-refractivity contribution in [2.24, 2.45) is 5.92 Å². The average Bonchev–Trinajstić information content (AvgIpc) is 2.86. The van der Waals surface area contributed by atoms with Crippen LogP contribution in [0.5, 0.6) is 0 Å². The molecule has 0 aliphatic carbocycles. The SMILES string of the molecule is COC(=O)C(NC(=O)c1n[nH]c2ccc(N)cc12)C(C)C. The number of amides is 1. The summed E-state index contributed by atoms with van der Waals surface area (Å²) in [6.07, 6.45) is 0. The number of carbonyl (C=O) groups excluding carboxylic acids is 2. The van der Waals surface area contributed by atoms with Crippen LogP contribution >= 0.6 is 0 Å². The average molecular weight is 290 g/mol. The Hall–Kier alpha value is -2.57. The van der Waals surface area contributed by atoms with Gasteiger partial charge in [0.05, 0.1) is 12.6 Å². The van der Waals surface area contributed by atoms with E-state index in [1.54, 1.807) is 18.2 Å². The first kappa shape index (κ1) is 14.8. The van der Waals surface area contributed by atoms with Crippen LogP contribution in [0.1, 0.15) is 24.3 Å². The Labute approximate surface area is 121 Å². The fourth-order valence-corrected chi connectivity index (χ4v) is 2.04. The number of esters is 1. The van der Waals surface area contributed by atoms with E-state index in [1.165, 1.54) is 7.11 Å². The first-order valence-corrected chi connectivity index (χ1v) is 6.56. The molecule has 0 radical (unpaired) electrons. The quantitative estimate of drug-likeness (QED) is 0.576. The summed E-state index contributed by atoms with van der Waals surface area (Å²) in [5.41, 5.74) is 7.16. The molecule has 2 aromatic rings. The molecule has 1 amide bonds. The van der Waals surface area contributed by atoms with Gasteiger partial charge in [-0.1, -0.05) is 13.8 Å². The zero-order chi connectivity index (χ0) is 15.6. The molecule has 1 aromatic heterocycles. The molecule has 0 saturated carbocycles. The maximum absolute atomic E-state index is 12.3. The van der Waals surface area contributed by atoms with Crippen LogP contribution < -0.4 is 11.1 Å². The van der Waals surface area contributed by atoms with E-state index >= 15 is 0 Å². The molecule has 1 atom stereocenters. The maximum Gasteiger partial charge on any atom is 0.328 e. The fourth-order valence-electron chi connectivity index (χ4n) is 2.04. The predicted octanol–water partition coefficient (Wildman–Crippen LogP) is 1.07. The third kappa shape index (κ3) is 2.96. The monoisotopic (exact) mass is 290 g/mol. The summed E-state index contributed by atoms with van der Waals surface area (Å²) in [7, 11) is 1.29. The Morgan fingerprint density at radius 2 is 2.10 bits per heavy atom. The van der Waals surface area contributed by atoms with E-state index in [9.17, 15) is 9.59 Å². The Bertz CT molecular complexity index is 678. The van der Waals surface area contributed by atoms with Gasteiger partial charge in [0, 0.05) is 11.1 Å². The van der Waals surface area contributed by atoms with Crippen LogP contribution in [-0.2, 0) is 9.53 Å². The van der Waals surface area contributed by atoms with E-state index in [2.05, 4.69) is 15.5 Å². The smallest absolute Gasteiger partial charge is 0.328 e. The van der Waals surface area contributed by atoms with Crippen molar-refractivity contribution in [2.75, 3.05) is 12.8 Å². The Morgan fingerprint density at radius 3 is 2.71 bits per heavy atom. The van der Waals surface area contributed by atoms with E-state index in [0.717, 1.165) is 0 Å².